The molecule has 3 aliphatic heterocycles. The molecule has 0 aliphatic carbocycles. The van der Waals surface area contributed by atoms with Gasteiger partial charge in [-0.2, -0.15) is 11.8 Å². The van der Waals surface area contributed by atoms with Gasteiger partial charge in [-0.1, -0.05) is 6.92 Å². The Labute approximate surface area is 108 Å². The Morgan fingerprint density at radius 2 is 2.18 bits per heavy atom. The number of hydrogen-bond acceptors (Lipinski definition) is 3. The van der Waals surface area contributed by atoms with Crippen molar-refractivity contribution in [3.8, 4) is 0 Å². The molecule has 3 heterocycles. The van der Waals surface area contributed by atoms with Crippen LogP contribution in [-0.4, -0.2) is 46.5 Å². The third kappa shape index (κ3) is 1.99. The van der Waals surface area contributed by atoms with Crippen molar-refractivity contribution < 1.29 is 4.79 Å². The molecule has 4 heteroatoms. The molecule has 0 aromatic heterocycles. The van der Waals surface area contributed by atoms with E-state index in [1.165, 1.54) is 12.8 Å². The van der Waals surface area contributed by atoms with E-state index in [9.17, 15) is 4.79 Å². The van der Waals surface area contributed by atoms with Gasteiger partial charge in [0.1, 0.15) is 0 Å². The summed E-state index contributed by atoms with van der Waals surface area (Å²) in [5, 5.41) is 4.15. The maximum atomic E-state index is 12.6. The first-order valence-electron chi connectivity index (χ1n) is 6.85. The molecule has 3 nitrogen and oxygen atoms in total. The zero-order valence-electron chi connectivity index (χ0n) is 10.7. The standard InChI is InChI=1S/C13H22N2OS/c1-8-9(2)17-6-5-15(8)13(16)11-7-10-3-4-12(11)14-10/h8-12,14H,3-7H2,1-2H3. The molecule has 17 heavy (non-hydrogen) atoms. The van der Waals surface area contributed by atoms with Crippen LogP contribution >= 0.6 is 11.8 Å². The molecule has 2 bridgehead atoms. The first-order valence-corrected chi connectivity index (χ1v) is 7.90. The summed E-state index contributed by atoms with van der Waals surface area (Å²) in [6.07, 6.45) is 3.55. The molecule has 96 valence electrons. The fourth-order valence-corrected chi connectivity index (χ4v) is 4.65. The summed E-state index contributed by atoms with van der Waals surface area (Å²) >= 11 is 2.00. The van der Waals surface area contributed by atoms with E-state index in [1.807, 2.05) is 11.8 Å². The van der Waals surface area contributed by atoms with Crippen molar-refractivity contribution in [3.63, 3.8) is 0 Å². The molecule has 5 unspecified atom stereocenters. The van der Waals surface area contributed by atoms with Gasteiger partial charge in [0, 0.05) is 35.7 Å². The summed E-state index contributed by atoms with van der Waals surface area (Å²) < 4.78 is 0. The Hall–Kier alpha value is -0.220. The molecule has 3 fully saturated rings. The van der Waals surface area contributed by atoms with E-state index in [0.717, 1.165) is 18.7 Å². The number of rotatable bonds is 1. The Balaban J connectivity index is 1.69. The second kappa shape index (κ2) is 4.47. The minimum atomic E-state index is 0.270. The van der Waals surface area contributed by atoms with Gasteiger partial charge in [0.05, 0.1) is 5.92 Å². The quantitative estimate of drug-likeness (QED) is 0.769. The van der Waals surface area contributed by atoms with Crippen molar-refractivity contribution in [2.24, 2.45) is 5.92 Å². The second-order valence-corrected chi connectivity index (χ2v) is 7.22. The van der Waals surface area contributed by atoms with Crippen LogP contribution in [0.25, 0.3) is 0 Å². The lowest BCUT2D eigenvalue weighted by Gasteiger charge is -2.39. The molecule has 3 aliphatic rings. The molecule has 0 aromatic carbocycles. The van der Waals surface area contributed by atoms with Crippen LogP contribution < -0.4 is 5.32 Å². The Bertz CT molecular complexity index is 323. The molecule has 0 radical (unpaired) electrons. The highest BCUT2D eigenvalue weighted by atomic mass is 32.2. The predicted molar refractivity (Wildman–Crippen MR) is 71.1 cm³/mol. The number of fused-ring (bicyclic) bond motifs is 2. The van der Waals surface area contributed by atoms with Gasteiger partial charge in [0.15, 0.2) is 0 Å². The van der Waals surface area contributed by atoms with Crippen molar-refractivity contribution in [2.45, 2.75) is 56.5 Å². The number of thioether (sulfide) groups is 1. The zero-order valence-corrected chi connectivity index (χ0v) is 11.5. The number of nitrogens with one attached hydrogen (secondary N) is 1. The molecule has 3 saturated heterocycles. The summed E-state index contributed by atoms with van der Waals surface area (Å²) in [4.78, 5) is 14.8. The highest BCUT2D eigenvalue weighted by Crippen LogP contribution is 2.36. The van der Waals surface area contributed by atoms with E-state index in [1.54, 1.807) is 0 Å². The highest BCUT2D eigenvalue weighted by Gasteiger charge is 2.45. The average molecular weight is 254 g/mol. The molecular formula is C13H22N2OS. The fraction of sp³-hybridized carbons (Fsp3) is 0.923. The van der Waals surface area contributed by atoms with Crippen LogP contribution in [0.4, 0.5) is 0 Å². The second-order valence-electron chi connectivity index (χ2n) is 5.74. The smallest absolute Gasteiger partial charge is 0.227 e. The molecule has 0 aromatic rings. The topological polar surface area (TPSA) is 32.3 Å². The van der Waals surface area contributed by atoms with E-state index < -0.39 is 0 Å². The highest BCUT2D eigenvalue weighted by molar-refractivity contribution is 8.00. The Morgan fingerprint density at radius 1 is 1.35 bits per heavy atom. The summed E-state index contributed by atoms with van der Waals surface area (Å²) in [7, 11) is 0. The molecule has 1 amide bonds. The monoisotopic (exact) mass is 254 g/mol. The number of carbonyl (C=O) groups is 1. The zero-order chi connectivity index (χ0) is 12.0. The average Bonchev–Trinajstić information content (AvgIpc) is 2.94. The SMILES string of the molecule is CC1SCCN(C(=O)C2CC3CCC2N3)C1C. The maximum Gasteiger partial charge on any atom is 0.227 e. The summed E-state index contributed by atoms with van der Waals surface area (Å²) in [6, 6.07) is 1.51. The maximum absolute atomic E-state index is 12.6. The summed E-state index contributed by atoms with van der Waals surface area (Å²) in [5.74, 6) is 1.79. The number of hydrogen-bond donors (Lipinski definition) is 1. The minimum absolute atomic E-state index is 0.270. The number of amides is 1. The van der Waals surface area contributed by atoms with Crippen molar-refractivity contribution in [2.75, 3.05) is 12.3 Å². The Kier molecular flexibility index (Phi) is 3.11. The lowest BCUT2D eigenvalue weighted by molar-refractivity contribution is -0.138. The van der Waals surface area contributed by atoms with Gasteiger partial charge in [0.2, 0.25) is 5.91 Å². The third-order valence-corrected chi connectivity index (χ3v) is 6.12. The number of carbonyl (C=O) groups excluding carboxylic acids is 1. The molecule has 3 rings (SSSR count). The predicted octanol–water partition coefficient (Wildman–Crippen LogP) is 1.48. The fourth-order valence-electron chi connectivity index (χ4n) is 3.55. The van der Waals surface area contributed by atoms with Crippen LogP contribution in [-0.2, 0) is 4.79 Å². The van der Waals surface area contributed by atoms with Gasteiger partial charge >= 0.3 is 0 Å². The first kappa shape index (κ1) is 11.8. The van der Waals surface area contributed by atoms with Crippen LogP contribution in [0.5, 0.6) is 0 Å². The lowest BCUT2D eigenvalue weighted by Crippen LogP contribution is -2.51. The van der Waals surface area contributed by atoms with Crippen LogP contribution in [0.2, 0.25) is 0 Å². The van der Waals surface area contributed by atoms with E-state index in [4.69, 9.17) is 0 Å². The van der Waals surface area contributed by atoms with E-state index in [-0.39, 0.29) is 5.92 Å². The summed E-state index contributed by atoms with van der Waals surface area (Å²) in [6.45, 7) is 5.39. The van der Waals surface area contributed by atoms with E-state index in [0.29, 0.717) is 29.3 Å². The van der Waals surface area contributed by atoms with Gasteiger partial charge in [-0.25, -0.2) is 0 Å². The van der Waals surface area contributed by atoms with Gasteiger partial charge in [-0.15, -0.1) is 0 Å². The molecule has 0 saturated carbocycles. The van der Waals surface area contributed by atoms with E-state index >= 15 is 0 Å². The van der Waals surface area contributed by atoms with Gasteiger partial charge in [-0.05, 0) is 26.2 Å². The minimum Gasteiger partial charge on any atom is -0.338 e. The van der Waals surface area contributed by atoms with Crippen molar-refractivity contribution in [1.82, 2.24) is 10.2 Å². The third-order valence-electron chi connectivity index (χ3n) is 4.78. The van der Waals surface area contributed by atoms with Crippen LogP contribution in [0.3, 0.4) is 0 Å². The van der Waals surface area contributed by atoms with Crippen molar-refractivity contribution >= 4 is 17.7 Å². The van der Waals surface area contributed by atoms with Crippen LogP contribution in [0, 0.1) is 5.92 Å². The summed E-state index contributed by atoms with van der Waals surface area (Å²) in [5.41, 5.74) is 0. The van der Waals surface area contributed by atoms with Crippen LogP contribution in [0.15, 0.2) is 0 Å². The van der Waals surface area contributed by atoms with Gasteiger partial charge in [0.25, 0.3) is 0 Å². The van der Waals surface area contributed by atoms with Crippen molar-refractivity contribution in [3.05, 3.63) is 0 Å². The molecule has 1 N–H and O–H groups in total. The Morgan fingerprint density at radius 3 is 2.82 bits per heavy atom. The molecular weight excluding hydrogens is 232 g/mol. The normalized spacial score (nSPS) is 45.3. The molecule has 0 spiro atoms. The van der Waals surface area contributed by atoms with Crippen LogP contribution in [0.1, 0.15) is 33.1 Å². The molecule has 5 atom stereocenters. The van der Waals surface area contributed by atoms with E-state index in [2.05, 4.69) is 24.1 Å². The number of nitrogens with zero attached hydrogens (tertiary/aromatic N) is 1. The largest absolute Gasteiger partial charge is 0.338 e. The van der Waals surface area contributed by atoms with Gasteiger partial charge in [-0.3, -0.25) is 4.79 Å². The van der Waals surface area contributed by atoms with Crippen molar-refractivity contribution in [1.29, 1.82) is 0 Å². The lowest BCUT2D eigenvalue weighted by atomic mass is 9.87. The first-order chi connectivity index (χ1) is 8.16. The van der Waals surface area contributed by atoms with Gasteiger partial charge < -0.3 is 10.2 Å².